The van der Waals surface area contributed by atoms with Gasteiger partial charge in [-0.15, -0.1) is 0 Å². The number of aliphatic carboxylic acids is 1. The number of likely N-dealkylation sites (tertiary alicyclic amines) is 1. The Bertz CT molecular complexity index is 288. The predicted molar refractivity (Wildman–Crippen MR) is 66.5 cm³/mol. The van der Waals surface area contributed by atoms with Crippen LogP contribution in [0.1, 0.15) is 26.2 Å². The van der Waals surface area contributed by atoms with Gasteiger partial charge in [-0.05, 0) is 19.3 Å². The lowest BCUT2D eigenvalue weighted by Gasteiger charge is -2.34. The lowest BCUT2D eigenvalue weighted by molar-refractivity contribution is -0.145. The average molecular weight is 258 g/mol. The van der Waals surface area contributed by atoms with Crippen LogP contribution in [0.15, 0.2) is 0 Å². The van der Waals surface area contributed by atoms with Crippen molar-refractivity contribution in [1.29, 1.82) is 0 Å². The van der Waals surface area contributed by atoms with Crippen LogP contribution in [-0.4, -0.2) is 66.3 Å². The second kappa shape index (κ2) is 7.20. The molecule has 0 spiro atoms. The van der Waals surface area contributed by atoms with Crippen molar-refractivity contribution < 1.29 is 19.4 Å². The number of ether oxygens (including phenoxy) is 1. The van der Waals surface area contributed by atoms with E-state index >= 15 is 0 Å². The van der Waals surface area contributed by atoms with Crippen LogP contribution in [0.3, 0.4) is 0 Å². The fraction of sp³-hybridized carbons (Fsp3) is 0.833. The Morgan fingerprint density at radius 1 is 1.39 bits per heavy atom. The highest BCUT2D eigenvalue weighted by atomic mass is 16.5. The summed E-state index contributed by atoms with van der Waals surface area (Å²) in [4.78, 5) is 25.9. The van der Waals surface area contributed by atoms with Gasteiger partial charge in [-0.3, -0.25) is 0 Å². The average Bonchev–Trinajstić information content (AvgIpc) is 2.36. The van der Waals surface area contributed by atoms with E-state index in [-0.39, 0.29) is 18.7 Å². The summed E-state index contributed by atoms with van der Waals surface area (Å²) in [6.45, 7) is 3.81. The second-order valence-corrected chi connectivity index (χ2v) is 4.60. The summed E-state index contributed by atoms with van der Waals surface area (Å²) in [6, 6.07) is 0.0496. The first-order valence-corrected chi connectivity index (χ1v) is 6.38. The monoisotopic (exact) mass is 258 g/mol. The molecule has 0 radical (unpaired) electrons. The second-order valence-electron chi connectivity index (χ2n) is 4.60. The van der Waals surface area contributed by atoms with Crippen molar-refractivity contribution in [3.63, 3.8) is 0 Å². The number of amides is 2. The van der Waals surface area contributed by atoms with Crippen LogP contribution in [0.25, 0.3) is 0 Å². The molecule has 1 heterocycles. The van der Waals surface area contributed by atoms with E-state index in [0.29, 0.717) is 25.9 Å². The number of carbonyl (C=O) groups excluding carboxylic acids is 1. The van der Waals surface area contributed by atoms with Crippen molar-refractivity contribution in [3.8, 4) is 0 Å². The van der Waals surface area contributed by atoms with Gasteiger partial charge in [0, 0.05) is 26.7 Å². The van der Waals surface area contributed by atoms with E-state index in [0.717, 1.165) is 13.0 Å². The van der Waals surface area contributed by atoms with Gasteiger partial charge in [0.1, 0.15) is 6.61 Å². The van der Waals surface area contributed by atoms with Crippen LogP contribution in [-0.2, 0) is 9.53 Å². The Labute approximate surface area is 107 Å². The molecule has 6 nitrogen and oxygen atoms in total. The maximum atomic E-state index is 12.0. The lowest BCUT2D eigenvalue weighted by atomic mass is 10.1. The van der Waals surface area contributed by atoms with Crippen molar-refractivity contribution in [2.75, 3.05) is 33.3 Å². The highest BCUT2D eigenvalue weighted by molar-refractivity contribution is 5.74. The SMILES string of the molecule is CCCN(C)C(=O)N1CCC(OCC(=O)O)CC1. The number of piperidine rings is 1. The van der Waals surface area contributed by atoms with Crippen LogP contribution in [0.2, 0.25) is 0 Å². The largest absolute Gasteiger partial charge is 0.480 e. The third-order valence-electron chi connectivity index (χ3n) is 3.04. The molecule has 1 aliphatic rings. The molecule has 18 heavy (non-hydrogen) atoms. The number of nitrogens with zero attached hydrogens (tertiary/aromatic N) is 2. The molecule has 1 saturated heterocycles. The summed E-state index contributed by atoms with van der Waals surface area (Å²) in [5.41, 5.74) is 0. The number of carboxylic acids is 1. The topological polar surface area (TPSA) is 70.1 Å². The van der Waals surface area contributed by atoms with Crippen LogP contribution in [0, 0.1) is 0 Å². The summed E-state index contributed by atoms with van der Waals surface area (Å²) in [6.07, 6.45) is 2.32. The minimum Gasteiger partial charge on any atom is -0.480 e. The molecule has 0 atom stereocenters. The van der Waals surface area contributed by atoms with Crippen molar-refractivity contribution in [3.05, 3.63) is 0 Å². The fourth-order valence-corrected chi connectivity index (χ4v) is 2.08. The normalized spacial score (nSPS) is 16.7. The number of carboxylic acid groups (broad SMARTS) is 1. The molecule has 0 bridgehead atoms. The van der Waals surface area contributed by atoms with Crippen molar-refractivity contribution in [1.82, 2.24) is 9.80 Å². The van der Waals surface area contributed by atoms with Crippen molar-refractivity contribution >= 4 is 12.0 Å². The maximum Gasteiger partial charge on any atom is 0.329 e. The third kappa shape index (κ3) is 4.52. The van der Waals surface area contributed by atoms with E-state index in [1.165, 1.54) is 0 Å². The van der Waals surface area contributed by atoms with Gasteiger partial charge in [-0.25, -0.2) is 9.59 Å². The first kappa shape index (κ1) is 14.8. The van der Waals surface area contributed by atoms with Gasteiger partial charge in [-0.1, -0.05) is 6.92 Å². The van der Waals surface area contributed by atoms with Crippen molar-refractivity contribution in [2.24, 2.45) is 0 Å². The molecule has 0 saturated carbocycles. The standard InChI is InChI=1S/C12H22N2O4/c1-3-6-13(2)12(17)14-7-4-10(5-8-14)18-9-11(15)16/h10H,3-9H2,1-2H3,(H,15,16). The quantitative estimate of drug-likeness (QED) is 0.799. The smallest absolute Gasteiger partial charge is 0.329 e. The summed E-state index contributed by atoms with van der Waals surface area (Å²) >= 11 is 0. The Hall–Kier alpha value is -1.30. The van der Waals surface area contributed by atoms with Gasteiger partial charge in [-0.2, -0.15) is 0 Å². The van der Waals surface area contributed by atoms with E-state index in [1.54, 1.807) is 16.8 Å². The van der Waals surface area contributed by atoms with E-state index < -0.39 is 5.97 Å². The Kier molecular flexibility index (Phi) is 5.91. The Balaban J connectivity index is 2.30. The summed E-state index contributed by atoms with van der Waals surface area (Å²) in [5, 5.41) is 8.52. The van der Waals surface area contributed by atoms with Crippen molar-refractivity contribution in [2.45, 2.75) is 32.3 Å². The first-order chi connectivity index (χ1) is 8.54. The molecule has 1 N–H and O–H groups in total. The van der Waals surface area contributed by atoms with E-state index in [9.17, 15) is 9.59 Å². The lowest BCUT2D eigenvalue weighted by Crippen LogP contribution is -2.46. The molecule has 0 aromatic rings. The molecule has 1 rings (SSSR count). The molecule has 2 amide bonds. The number of hydrogen-bond donors (Lipinski definition) is 1. The van der Waals surface area contributed by atoms with Gasteiger partial charge in [0.2, 0.25) is 0 Å². The van der Waals surface area contributed by atoms with Crippen LogP contribution in [0.5, 0.6) is 0 Å². The third-order valence-corrected chi connectivity index (χ3v) is 3.04. The maximum absolute atomic E-state index is 12.0. The van der Waals surface area contributed by atoms with Crippen LogP contribution in [0.4, 0.5) is 4.79 Å². The van der Waals surface area contributed by atoms with Crippen LogP contribution >= 0.6 is 0 Å². The molecule has 0 aliphatic carbocycles. The van der Waals surface area contributed by atoms with E-state index in [2.05, 4.69) is 0 Å². The summed E-state index contributed by atoms with van der Waals surface area (Å²) < 4.78 is 5.23. The highest BCUT2D eigenvalue weighted by Gasteiger charge is 2.25. The minimum absolute atomic E-state index is 0.0402. The number of urea groups is 1. The molecule has 104 valence electrons. The zero-order chi connectivity index (χ0) is 13.5. The molecule has 0 aromatic carbocycles. The van der Waals surface area contributed by atoms with Gasteiger partial charge < -0.3 is 19.6 Å². The van der Waals surface area contributed by atoms with Crippen LogP contribution < -0.4 is 0 Å². The molecule has 6 heteroatoms. The zero-order valence-electron chi connectivity index (χ0n) is 11.1. The molecule has 1 fully saturated rings. The zero-order valence-corrected chi connectivity index (χ0v) is 11.1. The first-order valence-electron chi connectivity index (χ1n) is 6.38. The number of rotatable bonds is 5. The summed E-state index contributed by atoms with van der Waals surface area (Å²) in [5.74, 6) is -0.948. The highest BCUT2D eigenvalue weighted by Crippen LogP contribution is 2.15. The van der Waals surface area contributed by atoms with E-state index in [1.807, 2.05) is 6.92 Å². The Morgan fingerprint density at radius 2 is 2.00 bits per heavy atom. The van der Waals surface area contributed by atoms with Gasteiger partial charge in [0.05, 0.1) is 6.10 Å². The van der Waals surface area contributed by atoms with E-state index in [4.69, 9.17) is 9.84 Å². The fourth-order valence-electron chi connectivity index (χ4n) is 2.08. The molecular weight excluding hydrogens is 236 g/mol. The van der Waals surface area contributed by atoms with Gasteiger partial charge >= 0.3 is 12.0 Å². The molecule has 0 unspecified atom stereocenters. The number of hydrogen-bond acceptors (Lipinski definition) is 3. The summed E-state index contributed by atoms with van der Waals surface area (Å²) in [7, 11) is 1.80. The number of carbonyl (C=O) groups is 2. The molecular formula is C12H22N2O4. The minimum atomic E-state index is -0.948. The molecule has 0 aromatic heterocycles. The predicted octanol–water partition coefficient (Wildman–Crippen LogP) is 1.01. The molecule has 1 aliphatic heterocycles. The van der Waals surface area contributed by atoms with Gasteiger partial charge in [0.25, 0.3) is 0 Å². The van der Waals surface area contributed by atoms with Gasteiger partial charge in [0.15, 0.2) is 0 Å². The Morgan fingerprint density at radius 3 is 2.50 bits per heavy atom.